The molecule has 1 aliphatic carbocycles. The van der Waals surface area contributed by atoms with Gasteiger partial charge < -0.3 is 10.3 Å². The fourth-order valence-electron chi connectivity index (χ4n) is 3.22. The number of carbonyl (C=O) groups is 1. The van der Waals surface area contributed by atoms with Gasteiger partial charge in [0.05, 0.1) is 0 Å². The Morgan fingerprint density at radius 3 is 2.54 bits per heavy atom. The summed E-state index contributed by atoms with van der Waals surface area (Å²) in [6, 6.07) is 18.9. The second-order valence-corrected chi connectivity index (χ2v) is 6.66. The van der Waals surface area contributed by atoms with Gasteiger partial charge in [-0.1, -0.05) is 30.3 Å². The van der Waals surface area contributed by atoms with Crippen molar-refractivity contribution >= 4 is 11.6 Å². The summed E-state index contributed by atoms with van der Waals surface area (Å²) in [6.07, 6.45) is 0.891. The average molecular weight is 345 g/mol. The van der Waals surface area contributed by atoms with Crippen molar-refractivity contribution in [1.82, 2.24) is 9.97 Å². The van der Waals surface area contributed by atoms with Gasteiger partial charge in [-0.2, -0.15) is 0 Å². The number of benzene rings is 2. The Labute approximate surface area is 151 Å². The molecule has 1 heterocycles. The highest BCUT2D eigenvalue weighted by Crippen LogP contribution is 2.47. The number of aryl methyl sites for hydroxylation is 1. The first-order valence-electron chi connectivity index (χ1n) is 8.64. The summed E-state index contributed by atoms with van der Waals surface area (Å²) in [5.41, 5.74) is 3.26. The van der Waals surface area contributed by atoms with Crippen LogP contribution in [0.1, 0.15) is 23.6 Å². The van der Waals surface area contributed by atoms with Crippen LogP contribution < -0.4 is 10.9 Å². The van der Waals surface area contributed by atoms with Crippen molar-refractivity contribution < 1.29 is 4.79 Å². The third kappa shape index (κ3) is 3.42. The van der Waals surface area contributed by atoms with Crippen molar-refractivity contribution in [2.24, 2.45) is 5.92 Å². The molecule has 0 unspecified atom stereocenters. The number of rotatable bonds is 4. The van der Waals surface area contributed by atoms with Crippen LogP contribution in [0, 0.1) is 12.8 Å². The molecule has 2 aromatic carbocycles. The first-order valence-corrected chi connectivity index (χ1v) is 8.64. The number of aromatic amines is 1. The van der Waals surface area contributed by atoms with E-state index in [0.717, 1.165) is 17.7 Å². The van der Waals surface area contributed by atoms with Crippen LogP contribution in [0.3, 0.4) is 0 Å². The molecule has 1 aromatic heterocycles. The second-order valence-electron chi connectivity index (χ2n) is 6.66. The van der Waals surface area contributed by atoms with E-state index in [1.165, 1.54) is 11.6 Å². The summed E-state index contributed by atoms with van der Waals surface area (Å²) in [5.74, 6) is 0.928. The number of nitrogens with zero attached hydrogens (tertiary/aromatic N) is 1. The van der Waals surface area contributed by atoms with E-state index in [-0.39, 0.29) is 17.4 Å². The summed E-state index contributed by atoms with van der Waals surface area (Å²) in [7, 11) is 0. The maximum absolute atomic E-state index is 12.4. The molecule has 3 aromatic rings. The minimum atomic E-state index is -0.175. The first kappa shape index (κ1) is 16.3. The van der Waals surface area contributed by atoms with E-state index in [9.17, 15) is 9.59 Å². The third-order valence-corrected chi connectivity index (χ3v) is 4.65. The lowest BCUT2D eigenvalue weighted by Crippen LogP contribution is -2.14. The largest absolute Gasteiger partial charge is 0.326 e. The van der Waals surface area contributed by atoms with Crippen LogP contribution in [0.5, 0.6) is 0 Å². The zero-order valence-corrected chi connectivity index (χ0v) is 14.4. The van der Waals surface area contributed by atoms with Gasteiger partial charge in [-0.15, -0.1) is 0 Å². The van der Waals surface area contributed by atoms with E-state index in [2.05, 4.69) is 27.4 Å². The molecular formula is C21H19N3O2. The molecule has 4 rings (SSSR count). The van der Waals surface area contributed by atoms with Crippen molar-refractivity contribution in [3.8, 4) is 11.4 Å². The standard InChI is InChI=1S/C21H19N3O2/c1-13-11-19(25)24-20(22-13)15-7-9-16(10-8-15)23-21(26)18-12-17(18)14-5-3-2-4-6-14/h2-11,17-18H,12H2,1H3,(H,23,26)(H,22,24,25)/t17-,18+/m1/s1. The highest BCUT2D eigenvalue weighted by molar-refractivity contribution is 5.95. The Morgan fingerprint density at radius 2 is 1.85 bits per heavy atom. The number of amides is 1. The third-order valence-electron chi connectivity index (χ3n) is 4.65. The van der Waals surface area contributed by atoms with Gasteiger partial charge in [-0.05, 0) is 49.1 Å². The Balaban J connectivity index is 1.43. The Bertz CT molecular complexity index is 994. The Morgan fingerprint density at radius 1 is 1.12 bits per heavy atom. The second kappa shape index (κ2) is 6.59. The molecule has 0 saturated heterocycles. The van der Waals surface area contributed by atoms with Crippen molar-refractivity contribution in [2.75, 3.05) is 5.32 Å². The zero-order chi connectivity index (χ0) is 18.1. The quantitative estimate of drug-likeness (QED) is 0.760. The molecule has 0 aliphatic heterocycles. The Hall–Kier alpha value is -3.21. The van der Waals surface area contributed by atoms with Crippen LogP contribution >= 0.6 is 0 Å². The van der Waals surface area contributed by atoms with Crippen molar-refractivity contribution in [1.29, 1.82) is 0 Å². The van der Waals surface area contributed by atoms with E-state index in [1.54, 1.807) is 6.92 Å². The summed E-state index contributed by atoms with van der Waals surface area (Å²) >= 11 is 0. The number of anilines is 1. The molecule has 2 N–H and O–H groups in total. The number of aromatic nitrogens is 2. The van der Waals surface area contributed by atoms with Crippen LogP contribution in [-0.2, 0) is 4.79 Å². The van der Waals surface area contributed by atoms with Gasteiger partial charge in [0.2, 0.25) is 5.91 Å². The minimum absolute atomic E-state index is 0.0341. The van der Waals surface area contributed by atoms with E-state index >= 15 is 0 Å². The Kier molecular flexibility index (Phi) is 4.13. The number of hydrogen-bond acceptors (Lipinski definition) is 3. The van der Waals surface area contributed by atoms with Gasteiger partial charge >= 0.3 is 0 Å². The molecule has 130 valence electrons. The number of nitrogens with one attached hydrogen (secondary N) is 2. The molecule has 26 heavy (non-hydrogen) atoms. The van der Waals surface area contributed by atoms with E-state index in [0.29, 0.717) is 17.4 Å². The molecule has 1 saturated carbocycles. The molecule has 5 heteroatoms. The maximum atomic E-state index is 12.4. The van der Waals surface area contributed by atoms with Crippen LogP contribution in [0.2, 0.25) is 0 Å². The predicted octanol–water partition coefficient (Wildman–Crippen LogP) is 3.49. The molecule has 2 atom stereocenters. The van der Waals surface area contributed by atoms with Gasteiger partial charge in [0.15, 0.2) is 0 Å². The molecule has 5 nitrogen and oxygen atoms in total. The zero-order valence-electron chi connectivity index (χ0n) is 14.4. The molecule has 0 radical (unpaired) electrons. The number of H-pyrrole nitrogens is 1. The normalized spacial score (nSPS) is 18.3. The van der Waals surface area contributed by atoms with Crippen molar-refractivity contribution in [2.45, 2.75) is 19.3 Å². The minimum Gasteiger partial charge on any atom is -0.326 e. The van der Waals surface area contributed by atoms with Crippen molar-refractivity contribution in [3.63, 3.8) is 0 Å². The van der Waals surface area contributed by atoms with Crippen LogP contribution in [-0.4, -0.2) is 15.9 Å². The van der Waals surface area contributed by atoms with E-state index in [4.69, 9.17) is 0 Å². The highest BCUT2D eigenvalue weighted by atomic mass is 16.2. The van der Waals surface area contributed by atoms with Gasteiger partial charge in [0.1, 0.15) is 5.82 Å². The van der Waals surface area contributed by atoms with Gasteiger partial charge in [-0.25, -0.2) is 4.98 Å². The van der Waals surface area contributed by atoms with Crippen LogP contribution in [0.4, 0.5) is 5.69 Å². The van der Waals surface area contributed by atoms with E-state index < -0.39 is 0 Å². The lowest BCUT2D eigenvalue weighted by Gasteiger charge is -2.07. The van der Waals surface area contributed by atoms with Crippen LogP contribution in [0.15, 0.2) is 65.5 Å². The summed E-state index contributed by atoms with van der Waals surface area (Å²) in [4.78, 5) is 31.1. The first-order chi connectivity index (χ1) is 12.6. The van der Waals surface area contributed by atoms with Crippen LogP contribution in [0.25, 0.3) is 11.4 Å². The maximum Gasteiger partial charge on any atom is 0.251 e. The molecule has 0 spiro atoms. The summed E-state index contributed by atoms with van der Waals surface area (Å²) in [5, 5.41) is 2.97. The number of carbonyl (C=O) groups excluding carboxylic acids is 1. The fraction of sp³-hybridized carbons (Fsp3) is 0.190. The topological polar surface area (TPSA) is 74.8 Å². The summed E-state index contributed by atoms with van der Waals surface area (Å²) < 4.78 is 0. The summed E-state index contributed by atoms with van der Waals surface area (Å²) in [6.45, 7) is 1.78. The average Bonchev–Trinajstić information content (AvgIpc) is 3.43. The van der Waals surface area contributed by atoms with Crippen molar-refractivity contribution in [3.05, 3.63) is 82.3 Å². The molecule has 1 amide bonds. The van der Waals surface area contributed by atoms with Gasteiger partial charge in [-0.3, -0.25) is 9.59 Å². The molecular weight excluding hydrogens is 326 g/mol. The monoisotopic (exact) mass is 345 g/mol. The highest BCUT2D eigenvalue weighted by Gasteiger charge is 2.43. The van der Waals surface area contributed by atoms with Gasteiger partial charge in [0, 0.05) is 28.9 Å². The lowest BCUT2D eigenvalue weighted by molar-refractivity contribution is -0.117. The molecule has 0 bridgehead atoms. The lowest BCUT2D eigenvalue weighted by atomic mass is 10.1. The molecule has 1 aliphatic rings. The van der Waals surface area contributed by atoms with E-state index in [1.807, 2.05) is 42.5 Å². The predicted molar refractivity (Wildman–Crippen MR) is 101 cm³/mol. The van der Waals surface area contributed by atoms with Gasteiger partial charge in [0.25, 0.3) is 5.56 Å². The number of hydrogen-bond donors (Lipinski definition) is 2. The smallest absolute Gasteiger partial charge is 0.251 e. The SMILES string of the molecule is Cc1cc(=O)[nH]c(-c2ccc(NC(=O)[C@H]3C[C@@H]3c3ccccc3)cc2)n1. The fourth-order valence-corrected chi connectivity index (χ4v) is 3.22. The molecule has 1 fully saturated rings.